The monoisotopic (exact) mass is 364 g/mol. The summed E-state index contributed by atoms with van der Waals surface area (Å²) in [7, 11) is 1.74. The largest absolute Gasteiger partial charge is 0.496 e. The standard InChI is InChI=1S/C24H32N2O/c1-7-12-26-22-14-23(27-6)19(13-20(22)18(3)15-24(26,4)5)16-25-21-11-9-8-10-17(21)2/h8-11,13-14,16,18H,7,12,15H2,1-6H3. The summed E-state index contributed by atoms with van der Waals surface area (Å²) in [6.45, 7) is 12.4. The van der Waals surface area contributed by atoms with Crippen LogP contribution in [0.15, 0.2) is 41.4 Å². The quantitative estimate of drug-likeness (QED) is 0.585. The van der Waals surface area contributed by atoms with Gasteiger partial charge in [-0.3, -0.25) is 4.99 Å². The van der Waals surface area contributed by atoms with Gasteiger partial charge in [0.2, 0.25) is 0 Å². The highest BCUT2D eigenvalue weighted by molar-refractivity contribution is 5.88. The van der Waals surface area contributed by atoms with Crippen molar-refractivity contribution in [1.29, 1.82) is 0 Å². The zero-order chi connectivity index (χ0) is 19.6. The first-order valence-corrected chi connectivity index (χ1v) is 9.96. The van der Waals surface area contributed by atoms with Crippen LogP contribution in [0.4, 0.5) is 11.4 Å². The molecule has 1 aliphatic rings. The molecule has 144 valence electrons. The molecule has 1 aliphatic heterocycles. The fourth-order valence-electron chi connectivity index (χ4n) is 4.30. The molecule has 0 N–H and O–H groups in total. The Labute approximate surface area is 164 Å². The second-order valence-corrected chi connectivity index (χ2v) is 8.27. The van der Waals surface area contributed by atoms with Crippen molar-refractivity contribution in [1.82, 2.24) is 0 Å². The van der Waals surface area contributed by atoms with E-state index in [1.807, 2.05) is 24.4 Å². The van der Waals surface area contributed by atoms with Gasteiger partial charge in [0.05, 0.1) is 12.8 Å². The normalized spacial score (nSPS) is 18.6. The molecular weight excluding hydrogens is 332 g/mol. The molecule has 0 saturated heterocycles. The van der Waals surface area contributed by atoms with Gasteiger partial charge in [0, 0.05) is 35.6 Å². The van der Waals surface area contributed by atoms with Crippen molar-refractivity contribution in [2.45, 2.75) is 58.9 Å². The molecule has 0 amide bonds. The fourth-order valence-corrected chi connectivity index (χ4v) is 4.30. The second-order valence-electron chi connectivity index (χ2n) is 8.27. The Bertz CT molecular complexity index is 838. The summed E-state index contributed by atoms with van der Waals surface area (Å²) >= 11 is 0. The number of anilines is 1. The first-order chi connectivity index (χ1) is 12.9. The molecule has 0 radical (unpaired) electrons. The van der Waals surface area contributed by atoms with E-state index in [1.165, 1.54) is 16.8 Å². The molecule has 2 aromatic carbocycles. The minimum atomic E-state index is 0.157. The van der Waals surface area contributed by atoms with Gasteiger partial charge in [-0.25, -0.2) is 0 Å². The van der Waals surface area contributed by atoms with Crippen molar-refractivity contribution < 1.29 is 4.74 Å². The number of para-hydroxylation sites is 1. The number of hydrogen-bond donors (Lipinski definition) is 0. The predicted octanol–water partition coefficient (Wildman–Crippen LogP) is 6.26. The van der Waals surface area contributed by atoms with E-state index >= 15 is 0 Å². The number of benzene rings is 2. The van der Waals surface area contributed by atoms with Crippen molar-refractivity contribution in [3.05, 3.63) is 53.1 Å². The van der Waals surface area contributed by atoms with Crippen LogP contribution in [0.5, 0.6) is 5.75 Å². The molecule has 0 fully saturated rings. The lowest BCUT2D eigenvalue weighted by Gasteiger charge is -2.47. The van der Waals surface area contributed by atoms with Gasteiger partial charge in [-0.1, -0.05) is 32.0 Å². The summed E-state index contributed by atoms with van der Waals surface area (Å²) in [4.78, 5) is 7.27. The third kappa shape index (κ3) is 3.87. The zero-order valence-electron chi connectivity index (χ0n) is 17.5. The van der Waals surface area contributed by atoms with Gasteiger partial charge in [-0.05, 0) is 62.8 Å². The highest BCUT2D eigenvalue weighted by Gasteiger charge is 2.36. The first kappa shape index (κ1) is 19.5. The molecule has 0 saturated carbocycles. The summed E-state index contributed by atoms with van der Waals surface area (Å²) in [5.74, 6) is 1.40. The first-order valence-electron chi connectivity index (χ1n) is 9.96. The van der Waals surface area contributed by atoms with Crippen LogP contribution in [-0.4, -0.2) is 25.4 Å². The van der Waals surface area contributed by atoms with Gasteiger partial charge in [-0.2, -0.15) is 0 Å². The molecule has 0 spiro atoms. The Hall–Kier alpha value is -2.29. The highest BCUT2D eigenvalue weighted by atomic mass is 16.5. The van der Waals surface area contributed by atoms with Crippen molar-refractivity contribution >= 4 is 17.6 Å². The number of ether oxygens (including phenoxy) is 1. The van der Waals surface area contributed by atoms with E-state index < -0.39 is 0 Å². The summed E-state index contributed by atoms with van der Waals surface area (Å²) in [6.07, 6.45) is 4.23. The van der Waals surface area contributed by atoms with Crippen molar-refractivity contribution in [2.24, 2.45) is 4.99 Å². The van der Waals surface area contributed by atoms with E-state index in [2.05, 4.69) is 57.7 Å². The number of aryl methyl sites for hydroxylation is 1. The molecule has 1 heterocycles. The van der Waals surface area contributed by atoms with Crippen LogP contribution in [0.1, 0.15) is 63.1 Å². The van der Waals surface area contributed by atoms with E-state index in [0.717, 1.165) is 36.4 Å². The zero-order valence-corrected chi connectivity index (χ0v) is 17.5. The molecule has 2 aromatic rings. The van der Waals surface area contributed by atoms with Gasteiger partial charge < -0.3 is 9.64 Å². The van der Waals surface area contributed by atoms with E-state index in [4.69, 9.17) is 9.73 Å². The third-order valence-electron chi connectivity index (χ3n) is 5.64. The SMILES string of the molecule is CCCN1c2cc(OC)c(C=Nc3ccccc3C)cc2C(C)CC1(C)C. The number of methoxy groups -OCH3 is 1. The van der Waals surface area contributed by atoms with Crippen LogP contribution in [0.25, 0.3) is 0 Å². The average molecular weight is 365 g/mol. The minimum absolute atomic E-state index is 0.157. The van der Waals surface area contributed by atoms with Gasteiger partial charge in [0.15, 0.2) is 0 Å². The van der Waals surface area contributed by atoms with E-state index in [0.29, 0.717) is 5.92 Å². The molecule has 1 atom stereocenters. The Morgan fingerprint density at radius 3 is 2.67 bits per heavy atom. The maximum absolute atomic E-state index is 5.74. The molecule has 0 bridgehead atoms. The summed E-state index contributed by atoms with van der Waals surface area (Å²) in [6, 6.07) is 12.7. The van der Waals surface area contributed by atoms with Crippen LogP contribution in [0.3, 0.4) is 0 Å². The van der Waals surface area contributed by atoms with Crippen molar-refractivity contribution in [3.8, 4) is 5.75 Å². The van der Waals surface area contributed by atoms with Crippen molar-refractivity contribution in [2.75, 3.05) is 18.6 Å². The summed E-state index contributed by atoms with van der Waals surface area (Å²) in [5, 5.41) is 0. The molecular formula is C24H32N2O. The van der Waals surface area contributed by atoms with Gasteiger partial charge in [0.25, 0.3) is 0 Å². The lowest BCUT2D eigenvalue weighted by molar-refractivity contribution is 0.372. The Morgan fingerprint density at radius 2 is 2.00 bits per heavy atom. The van der Waals surface area contributed by atoms with Gasteiger partial charge in [0.1, 0.15) is 5.75 Å². The van der Waals surface area contributed by atoms with E-state index in [1.54, 1.807) is 7.11 Å². The lowest BCUT2D eigenvalue weighted by atomic mass is 9.79. The second kappa shape index (κ2) is 7.75. The lowest BCUT2D eigenvalue weighted by Crippen LogP contribution is -2.48. The minimum Gasteiger partial charge on any atom is -0.496 e. The predicted molar refractivity (Wildman–Crippen MR) is 116 cm³/mol. The van der Waals surface area contributed by atoms with Crippen LogP contribution >= 0.6 is 0 Å². The highest BCUT2D eigenvalue weighted by Crippen LogP contribution is 2.45. The van der Waals surface area contributed by atoms with Gasteiger partial charge >= 0.3 is 0 Å². The van der Waals surface area contributed by atoms with Crippen molar-refractivity contribution in [3.63, 3.8) is 0 Å². The van der Waals surface area contributed by atoms with Gasteiger partial charge in [-0.15, -0.1) is 0 Å². The Morgan fingerprint density at radius 1 is 1.26 bits per heavy atom. The number of nitrogens with zero attached hydrogens (tertiary/aromatic N) is 2. The number of fused-ring (bicyclic) bond motifs is 1. The molecule has 1 unspecified atom stereocenters. The number of hydrogen-bond acceptors (Lipinski definition) is 3. The average Bonchev–Trinajstić information content (AvgIpc) is 2.63. The number of rotatable bonds is 5. The summed E-state index contributed by atoms with van der Waals surface area (Å²) in [5.41, 5.74) is 6.08. The van der Waals surface area contributed by atoms with E-state index in [9.17, 15) is 0 Å². The molecule has 27 heavy (non-hydrogen) atoms. The molecule has 3 nitrogen and oxygen atoms in total. The smallest absolute Gasteiger partial charge is 0.129 e. The Kier molecular flexibility index (Phi) is 5.59. The molecule has 3 rings (SSSR count). The molecule has 0 aromatic heterocycles. The van der Waals surface area contributed by atoms with E-state index in [-0.39, 0.29) is 5.54 Å². The fraction of sp³-hybridized carbons (Fsp3) is 0.458. The van der Waals surface area contributed by atoms with Crippen LogP contribution in [0.2, 0.25) is 0 Å². The third-order valence-corrected chi connectivity index (χ3v) is 5.64. The summed E-state index contributed by atoms with van der Waals surface area (Å²) < 4.78 is 5.74. The Balaban J connectivity index is 2.06. The maximum atomic E-state index is 5.74. The van der Waals surface area contributed by atoms with Crippen LogP contribution in [0, 0.1) is 6.92 Å². The van der Waals surface area contributed by atoms with Crippen LogP contribution in [-0.2, 0) is 0 Å². The topological polar surface area (TPSA) is 24.8 Å². The number of aliphatic imine (C=N–C) groups is 1. The maximum Gasteiger partial charge on any atom is 0.129 e. The molecule has 3 heteroatoms. The molecule has 0 aliphatic carbocycles. The van der Waals surface area contributed by atoms with Crippen LogP contribution < -0.4 is 9.64 Å².